The van der Waals surface area contributed by atoms with Crippen molar-refractivity contribution in [3.8, 4) is 0 Å². The van der Waals surface area contributed by atoms with Crippen LogP contribution in [-0.4, -0.2) is 15.9 Å². The summed E-state index contributed by atoms with van der Waals surface area (Å²) in [6.07, 6.45) is 1.33. The first-order valence-corrected chi connectivity index (χ1v) is 5.32. The molecule has 0 atom stereocenters. The molecule has 0 aliphatic heterocycles. The minimum absolute atomic E-state index is 0.0793. The topological polar surface area (TPSA) is 52.1 Å². The Labute approximate surface area is 103 Å². The minimum atomic E-state index is -0.389. The summed E-state index contributed by atoms with van der Waals surface area (Å²) in [7, 11) is 0. The summed E-state index contributed by atoms with van der Waals surface area (Å²) in [4.78, 5) is 19.3. The maximum absolute atomic E-state index is 11.6. The smallest absolute Gasteiger partial charge is 0.338 e. The molecule has 17 heavy (non-hydrogen) atoms. The van der Waals surface area contributed by atoms with Crippen LogP contribution in [0.1, 0.15) is 16.1 Å². The van der Waals surface area contributed by atoms with Crippen LogP contribution in [-0.2, 0) is 11.3 Å². The van der Waals surface area contributed by atoms with Gasteiger partial charge >= 0.3 is 5.97 Å². The lowest BCUT2D eigenvalue weighted by atomic mass is 10.2. The first-order chi connectivity index (χ1) is 8.25. The Morgan fingerprint density at radius 2 is 2.00 bits per heavy atom. The molecule has 0 radical (unpaired) electrons. The Hall–Kier alpha value is -1.94. The van der Waals surface area contributed by atoms with Gasteiger partial charge < -0.3 is 4.74 Å². The van der Waals surface area contributed by atoms with Gasteiger partial charge in [0.1, 0.15) is 18.1 Å². The Kier molecular flexibility index (Phi) is 3.67. The highest BCUT2D eigenvalue weighted by Gasteiger charge is 2.06. The molecular weight excluding hydrogens is 240 g/mol. The number of nitrogens with zero attached hydrogens (tertiary/aromatic N) is 2. The van der Waals surface area contributed by atoms with Gasteiger partial charge in [-0.15, -0.1) is 0 Å². The van der Waals surface area contributed by atoms with Gasteiger partial charge in [-0.2, -0.15) is 0 Å². The predicted octanol–water partition coefficient (Wildman–Crippen LogP) is 2.49. The van der Waals surface area contributed by atoms with Gasteiger partial charge in [0.05, 0.1) is 11.3 Å². The van der Waals surface area contributed by atoms with E-state index in [1.54, 1.807) is 30.3 Å². The van der Waals surface area contributed by atoms with Crippen LogP contribution in [0.4, 0.5) is 0 Å². The molecule has 0 aliphatic carbocycles. The number of aromatic nitrogens is 2. The molecule has 4 nitrogen and oxygen atoms in total. The monoisotopic (exact) mass is 248 g/mol. The summed E-state index contributed by atoms with van der Waals surface area (Å²) in [5.41, 5.74) is 1.07. The number of benzene rings is 1. The highest BCUT2D eigenvalue weighted by molar-refractivity contribution is 6.29. The number of halogens is 1. The number of esters is 1. The van der Waals surface area contributed by atoms with Crippen molar-refractivity contribution in [2.75, 3.05) is 0 Å². The van der Waals surface area contributed by atoms with Gasteiger partial charge in [-0.1, -0.05) is 29.8 Å². The van der Waals surface area contributed by atoms with E-state index >= 15 is 0 Å². The molecule has 0 saturated heterocycles. The van der Waals surface area contributed by atoms with Gasteiger partial charge in [0.15, 0.2) is 0 Å². The molecule has 0 unspecified atom stereocenters. The third-order valence-corrected chi connectivity index (χ3v) is 2.26. The number of ether oxygens (including phenoxy) is 1. The Morgan fingerprint density at radius 1 is 1.24 bits per heavy atom. The van der Waals surface area contributed by atoms with E-state index in [-0.39, 0.29) is 12.6 Å². The summed E-state index contributed by atoms with van der Waals surface area (Å²) < 4.78 is 5.08. The molecule has 0 aliphatic rings. The third-order valence-electron chi connectivity index (χ3n) is 2.05. The van der Waals surface area contributed by atoms with Gasteiger partial charge in [-0.3, -0.25) is 0 Å². The molecule has 0 bridgehead atoms. The van der Waals surface area contributed by atoms with Crippen LogP contribution in [0.15, 0.2) is 42.7 Å². The van der Waals surface area contributed by atoms with Gasteiger partial charge in [-0.05, 0) is 12.1 Å². The zero-order chi connectivity index (χ0) is 12.1. The lowest BCUT2D eigenvalue weighted by Gasteiger charge is -2.03. The molecule has 1 heterocycles. The van der Waals surface area contributed by atoms with E-state index in [2.05, 4.69) is 9.97 Å². The van der Waals surface area contributed by atoms with Gasteiger partial charge in [-0.25, -0.2) is 14.8 Å². The zero-order valence-electron chi connectivity index (χ0n) is 8.84. The lowest BCUT2D eigenvalue weighted by Crippen LogP contribution is -2.06. The molecule has 0 saturated carbocycles. The zero-order valence-corrected chi connectivity index (χ0v) is 9.59. The third kappa shape index (κ3) is 3.26. The van der Waals surface area contributed by atoms with Crippen molar-refractivity contribution in [2.45, 2.75) is 6.61 Å². The molecular formula is C12H9ClN2O2. The van der Waals surface area contributed by atoms with Crippen molar-refractivity contribution in [3.05, 3.63) is 59.1 Å². The minimum Gasteiger partial charge on any atom is -0.456 e. The van der Waals surface area contributed by atoms with E-state index in [4.69, 9.17) is 16.3 Å². The Balaban J connectivity index is 1.97. The Morgan fingerprint density at radius 3 is 2.71 bits per heavy atom. The van der Waals surface area contributed by atoms with Crippen LogP contribution in [0, 0.1) is 0 Å². The van der Waals surface area contributed by atoms with Crippen molar-refractivity contribution in [1.82, 2.24) is 9.97 Å². The first kappa shape index (κ1) is 11.5. The van der Waals surface area contributed by atoms with Crippen LogP contribution >= 0.6 is 11.6 Å². The number of rotatable bonds is 3. The van der Waals surface area contributed by atoms with Crippen molar-refractivity contribution in [3.63, 3.8) is 0 Å². The second kappa shape index (κ2) is 5.41. The molecule has 0 spiro atoms. The van der Waals surface area contributed by atoms with Crippen LogP contribution in [0.5, 0.6) is 0 Å². The van der Waals surface area contributed by atoms with E-state index in [1.807, 2.05) is 6.07 Å². The van der Waals surface area contributed by atoms with E-state index < -0.39 is 0 Å². The molecule has 1 aromatic heterocycles. The average Bonchev–Trinajstić information content (AvgIpc) is 2.37. The number of hydrogen-bond donors (Lipinski definition) is 0. The fourth-order valence-corrected chi connectivity index (χ4v) is 1.42. The second-order valence-corrected chi connectivity index (χ2v) is 3.66. The van der Waals surface area contributed by atoms with Crippen molar-refractivity contribution >= 4 is 17.6 Å². The second-order valence-electron chi connectivity index (χ2n) is 3.27. The highest BCUT2D eigenvalue weighted by atomic mass is 35.5. The summed E-state index contributed by atoms with van der Waals surface area (Å²) in [5, 5.41) is 0.325. The van der Waals surface area contributed by atoms with Gasteiger partial charge in [0.25, 0.3) is 0 Å². The van der Waals surface area contributed by atoms with E-state index in [9.17, 15) is 4.79 Å². The fourth-order valence-electron chi connectivity index (χ4n) is 1.25. The quantitative estimate of drug-likeness (QED) is 0.619. The summed E-state index contributed by atoms with van der Waals surface area (Å²) in [6.45, 7) is 0.0793. The molecule has 0 fully saturated rings. The van der Waals surface area contributed by atoms with Crippen molar-refractivity contribution < 1.29 is 9.53 Å². The number of carbonyl (C=O) groups excluding carboxylic acids is 1. The van der Waals surface area contributed by atoms with Crippen LogP contribution in [0.2, 0.25) is 5.15 Å². The van der Waals surface area contributed by atoms with Crippen LogP contribution in [0.25, 0.3) is 0 Å². The molecule has 0 amide bonds. The lowest BCUT2D eigenvalue weighted by molar-refractivity contribution is 0.0467. The van der Waals surface area contributed by atoms with Crippen molar-refractivity contribution in [2.24, 2.45) is 0 Å². The first-order valence-electron chi connectivity index (χ1n) is 4.94. The maximum Gasteiger partial charge on any atom is 0.338 e. The molecule has 1 aromatic carbocycles. The summed E-state index contributed by atoms with van der Waals surface area (Å²) in [6, 6.07) is 10.3. The summed E-state index contributed by atoms with van der Waals surface area (Å²) >= 11 is 5.69. The predicted molar refractivity (Wildman–Crippen MR) is 62.6 cm³/mol. The van der Waals surface area contributed by atoms with Crippen molar-refractivity contribution in [1.29, 1.82) is 0 Å². The van der Waals surface area contributed by atoms with Crippen LogP contribution in [0.3, 0.4) is 0 Å². The molecule has 2 rings (SSSR count). The van der Waals surface area contributed by atoms with Gasteiger partial charge in [0, 0.05) is 6.07 Å². The maximum atomic E-state index is 11.6. The molecule has 2 aromatic rings. The number of carbonyl (C=O) groups is 1. The standard InChI is InChI=1S/C12H9ClN2O2/c13-11-6-10(14-8-15-11)7-17-12(16)9-4-2-1-3-5-9/h1-6,8H,7H2. The van der Waals surface area contributed by atoms with Gasteiger partial charge in [0.2, 0.25) is 0 Å². The van der Waals surface area contributed by atoms with E-state index in [1.165, 1.54) is 6.33 Å². The highest BCUT2D eigenvalue weighted by Crippen LogP contribution is 2.07. The van der Waals surface area contributed by atoms with Crippen LogP contribution < -0.4 is 0 Å². The largest absolute Gasteiger partial charge is 0.456 e. The molecule has 86 valence electrons. The summed E-state index contributed by atoms with van der Waals surface area (Å²) in [5.74, 6) is -0.389. The van der Waals surface area contributed by atoms with E-state index in [0.717, 1.165) is 0 Å². The van der Waals surface area contributed by atoms with E-state index in [0.29, 0.717) is 16.4 Å². The Bertz CT molecular complexity index is 517. The number of hydrogen-bond acceptors (Lipinski definition) is 4. The molecule has 5 heteroatoms. The SMILES string of the molecule is O=C(OCc1cc(Cl)ncn1)c1ccccc1. The average molecular weight is 249 g/mol. The normalized spacial score (nSPS) is 9.94. The fraction of sp³-hybridized carbons (Fsp3) is 0.0833. The molecule has 0 N–H and O–H groups in total.